The first kappa shape index (κ1) is 17.5. The quantitative estimate of drug-likeness (QED) is 0.739. The van der Waals surface area contributed by atoms with Crippen molar-refractivity contribution in [2.24, 2.45) is 0 Å². The molecule has 0 saturated heterocycles. The third-order valence-corrected chi connectivity index (χ3v) is 3.99. The summed E-state index contributed by atoms with van der Waals surface area (Å²) in [7, 11) is 0. The molecule has 26 heavy (non-hydrogen) atoms. The van der Waals surface area contributed by atoms with Gasteiger partial charge in [0.05, 0.1) is 12.2 Å². The smallest absolute Gasteiger partial charge is 0.270 e. The Morgan fingerprint density at radius 1 is 1.00 bits per heavy atom. The molecule has 0 atom stereocenters. The van der Waals surface area contributed by atoms with Gasteiger partial charge < -0.3 is 10.6 Å². The molecule has 0 spiro atoms. The van der Waals surface area contributed by atoms with E-state index in [0.717, 1.165) is 22.5 Å². The molecule has 0 aliphatic carbocycles. The highest BCUT2D eigenvalue weighted by Gasteiger charge is 2.10. The number of nitrogens with one attached hydrogen (secondary N) is 2. The Morgan fingerprint density at radius 2 is 1.77 bits per heavy atom. The normalized spacial score (nSPS) is 10.4. The number of benzene rings is 1. The van der Waals surface area contributed by atoms with Crippen LogP contribution in [0.15, 0.2) is 48.9 Å². The minimum Gasteiger partial charge on any atom is -0.345 e. The molecule has 0 unspecified atom stereocenters. The SMILES string of the molecule is Cc1cc(C)c(Nc2cc(C(=O)NCc3ccccn3)ncn2)c(C)c1. The van der Waals surface area contributed by atoms with Crippen molar-refractivity contribution in [3.05, 3.63) is 77.0 Å². The monoisotopic (exact) mass is 347 g/mol. The van der Waals surface area contributed by atoms with Gasteiger partial charge >= 0.3 is 0 Å². The van der Waals surface area contributed by atoms with E-state index in [-0.39, 0.29) is 5.91 Å². The summed E-state index contributed by atoms with van der Waals surface area (Å²) in [4.78, 5) is 24.8. The molecule has 6 nitrogen and oxygen atoms in total. The van der Waals surface area contributed by atoms with Gasteiger partial charge in [-0.15, -0.1) is 0 Å². The van der Waals surface area contributed by atoms with Crippen LogP contribution in [0.1, 0.15) is 32.9 Å². The van der Waals surface area contributed by atoms with Crippen LogP contribution in [0.5, 0.6) is 0 Å². The van der Waals surface area contributed by atoms with Gasteiger partial charge in [0.1, 0.15) is 17.8 Å². The van der Waals surface area contributed by atoms with E-state index >= 15 is 0 Å². The summed E-state index contributed by atoms with van der Waals surface area (Å²) >= 11 is 0. The van der Waals surface area contributed by atoms with E-state index in [1.807, 2.05) is 32.0 Å². The third-order valence-electron chi connectivity index (χ3n) is 3.99. The van der Waals surface area contributed by atoms with Crippen molar-refractivity contribution >= 4 is 17.4 Å². The molecule has 0 aliphatic rings. The van der Waals surface area contributed by atoms with Gasteiger partial charge in [-0.1, -0.05) is 23.8 Å². The first-order valence-electron chi connectivity index (χ1n) is 8.38. The van der Waals surface area contributed by atoms with Crippen LogP contribution in [-0.4, -0.2) is 20.9 Å². The van der Waals surface area contributed by atoms with Crippen molar-refractivity contribution in [1.82, 2.24) is 20.3 Å². The van der Waals surface area contributed by atoms with E-state index in [4.69, 9.17) is 0 Å². The average Bonchev–Trinajstić information content (AvgIpc) is 2.64. The lowest BCUT2D eigenvalue weighted by molar-refractivity contribution is 0.0945. The zero-order chi connectivity index (χ0) is 18.5. The molecule has 3 rings (SSSR count). The second-order valence-corrected chi connectivity index (χ2v) is 6.19. The molecule has 2 N–H and O–H groups in total. The first-order valence-corrected chi connectivity index (χ1v) is 8.38. The molecule has 1 aromatic carbocycles. The van der Waals surface area contributed by atoms with Gasteiger partial charge in [0.15, 0.2) is 0 Å². The lowest BCUT2D eigenvalue weighted by Gasteiger charge is -2.13. The van der Waals surface area contributed by atoms with Gasteiger partial charge in [-0.25, -0.2) is 9.97 Å². The Hall–Kier alpha value is -3.28. The largest absolute Gasteiger partial charge is 0.345 e. The van der Waals surface area contributed by atoms with Gasteiger partial charge in [0.25, 0.3) is 5.91 Å². The maximum absolute atomic E-state index is 12.3. The fraction of sp³-hybridized carbons (Fsp3) is 0.200. The summed E-state index contributed by atoms with van der Waals surface area (Å²) in [6.07, 6.45) is 3.08. The summed E-state index contributed by atoms with van der Waals surface area (Å²) in [6, 6.07) is 11.4. The maximum atomic E-state index is 12.3. The van der Waals surface area contributed by atoms with Crippen LogP contribution in [0.4, 0.5) is 11.5 Å². The second-order valence-electron chi connectivity index (χ2n) is 6.19. The van der Waals surface area contributed by atoms with Crippen molar-refractivity contribution in [2.75, 3.05) is 5.32 Å². The fourth-order valence-corrected chi connectivity index (χ4v) is 2.82. The number of carbonyl (C=O) groups is 1. The van der Waals surface area contributed by atoms with Crippen LogP contribution in [0.2, 0.25) is 0 Å². The van der Waals surface area contributed by atoms with Crippen LogP contribution in [0.3, 0.4) is 0 Å². The molecule has 0 aliphatic heterocycles. The zero-order valence-electron chi connectivity index (χ0n) is 15.1. The number of anilines is 2. The predicted octanol–water partition coefficient (Wildman–Crippen LogP) is 3.47. The number of amides is 1. The van der Waals surface area contributed by atoms with Gasteiger partial charge in [-0.3, -0.25) is 9.78 Å². The summed E-state index contributed by atoms with van der Waals surface area (Å²) < 4.78 is 0. The molecule has 132 valence electrons. The highest BCUT2D eigenvalue weighted by Crippen LogP contribution is 2.25. The van der Waals surface area contributed by atoms with Crippen molar-refractivity contribution < 1.29 is 4.79 Å². The van der Waals surface area contributed by atoms with E-state index in [2.05, 4.69) is 44.6 Å². The van der Waals surface area contributed by atoms with Crippen LogP contribution in [0.25, 0.3) is 0 Å². The van der Waals surface area contributed by atoms with Crippen LogP contribution < -0.4 is 10.6 Å². The average molecular weight is 347 g/mol. The summed E-state index contributed by atoms with van der Waals surface area (Å²) in [5.74, 6) is 0.316. The highest BCUT2D eigenvalue weighted by molar-refractivity contribution is 5.93. The second kappa shape index (κ2) is 7.74. The number of carbonyl (C=O) groups excluding carboxylic acids is 1. The van der Waals surface area contributed by atoms with E-state index < -0.39 is 0 Å². The molecule has 6 heteroatoms. The summed E-state index contributed by atoms with van der Waals surface area (Å²) in [5, 5.41) is 6.11. The zero-order valence-corrected chi connectivity index (χ0v) is 15.1. The molecule has 0 fully saturated rings. The molecular formula is C20H21N5O. The van der Waals surface area contributed by atoms with Crippen LogP contribution >= 0.6 is 0 Å². The Balaban J connectivity index is 1.73. The molecule has 0 bridgehead atoms. The third kappa shape index (κ3) is 4.22. The number of hydrogen-bond acceptors (Lipinski definition) is 5. The number of aryl methyl sites for hydroxylation is 3. The van der Waals surface area contributed by atoms with Crippen molar-refractivity contribution in [1.29, 1.82) is 0 Å². The predicted molar refractivity (Wildman–Crippen MR) is 101 cm³/mol. The van der Waals surface area contributed by atoms with Crippen molar-refractivity contribution in [3.8, 4) is 0 Å². The topological polar surface area (TPSA) is 79.8 Å². The molecule has 2 heterocycles. The Kier molecular flexibility index (Phi) is 5.22. The number of pyridine rings is 1. The van der Waals surface area contributed by atoms with E-state index in [0.29, 0.717) is 18.1 Å². The Bertz CT molecular complexity index is 901. The summed E-state index contributed by atoms with van der Waals surface area (Å²) in [6.45, 7) is 6.51. The lowest BCUT2D eigenvalue weighted by Crippen LogP contribution is -2.24. The number of rotatable bonds is 5. The van der Waals surface area contributed by atoms with E-state index in [1.54, 1.807) is 12.3 Å². The fourth-order valence-electron chi connectivity index (χ4n) is 2.82. The molecular weight excluding hydrogens is 326 g/mol. The van der Waals surface area contributed by atoms with Gasteiger partial charge in [-0.2, -0.15) is 0 Å². The highest BCUT2D eigenvalue weighted by atomic mass is 16.1. The molecule has 0 radical (unpaired) electrons. The minimum absolute atomic E-state index is 0.265. The lowest BCUT2D eigenvalue weighted by atomic mass is 10.1. The standard InChI is InChI=1S/C20H21N5O/c1-13-8-14(2)19(15(3)9-13)25-18-10-17(23-12-24-18)20(26)22-11-16-6-4-5-7-21-16/h4-10,12H,11H2,1-3H3,(H,22,26)(H,23,24,25). The van der Waals surface area contributed by atoms with Gasteiger partial charge in [-0.05, 0) is 44.0 Å². The van der Waals surface area contributed by atoms with Gasteiger partial charge in [0, 0.05) is 18.0 Å². The number of aromatic nitrogens is 3. The summed E-state index contributed by atoms with van der Waals surface area (Å²) in [5.41, 5.74) is 5.56. The van der Waals surface area contributed by atoms with Crippen molar-refractivity contribution in [3.63, 3.8) is 0 Å². The number of nitrogens with zero attached hydrogens (tertiary/aromatic N) is 3. The van der Waals surface area contributed by atoms with Gasteiger partial charge in [0.2, 0.25) is 0 Å². The molecule has 1 amide bonds. The van der Waals surface area contributed by atoms with E-state index in [1.165, 1.54) is 11.9 Å². The minimum atomic E-state index is -0.265. The maximum Gasteiger partial charge on any atom is 0.270 e. The first-order chi connectivity index (χ1) is 12.5. The number of hydrogen-bond donors (Lipinski definition) is 2. The molecule has 0 saturated carbocycles. The van der Waals surface area contributed by atoms with Crippen LogP contribution in [-0.2, 0) is 6.54 Å². The van der Waals surface area contributed by atoms with E-state index in [9.17, 15) is 4.79 Å². The Morgan fingerprint density at radius 3 is 2.46 bits per heavy atom. The van der Waals surface area contributed by atoms with Crippen LogP contribution in [0, 0.1) is 20.8 Å². The van der Waals surface area contributed by atoms with Crippen molar-refractivity contribution in [2.45, 2.75) is 27.3 Å². The molecule has 2 aromatic heterocycles. The Labute approximate surface area is 152 Å². The molecule has 3 aromatic rings.